The summed E-state index contributed by atoms with van der Waals surface area (Å²) in [6.45, 7) is 3.49. The molecule has 0 aliphatic rings. The zero-order valence-corrected chi connectivity index (χ0v) is 15.1. The first kappa shape index (κ1) is 19.2. The van der Waals surface area contributed by atoms with E-state index in [0.717, 1.165) is 11.3 Å². The van der Waals surface area contributed by atoms with E-state index in [1.54, 1.807) is 7.11 Å². The Morgan fingerprint density at radius 2 is 1.92 bits per heavy atom. The molecule has 0 aromatic heterocycles. The second kappa shape index (κ2) is 9.39. The summed E-state index contributed by atoms with van der Waals surface area (Å²) in [5, 5.41) is 0.0964. The molecule has 0 bridgehead atoms. The largest absolute Gasteiger partial charge is 0.494 e. The number of carbonyl (C=O) groups excluding carboxylic acids is 1. The van der Waals surface area contributed by atoms with Crippen LogP contribution in [-0.2, 0) is 11.3 Å². The Labute approximate surface area is 152 Å². The first-order chi connectivity index (χ1) is 12.1. The fourth-order valence-electron chi connectivity index (χ4n) is 2.39. The molecule has 25 heavy (non-hydrogen) atoms. The predicted molar refractivity (Wildman–Crippen MR) is 95.6 cm³/mol. The van der Waals surface area contributed by atoms with Gasteiger partial charge >= 0.3 is 0 Å². The molecule has 0 saturated heterocycles. The number of nitrogens with zero attached hydrogens (tertiary/aromatic N) is 1. The number of ether oxygens (including phenoxy) is 2. The van der Waals surface area contributed by atoms with Gasteiger partial charge in [0.25, 0.3) is 5.91 Å². The smallest absolute Gasteiger partial charge is 0.258 e. The lowest BCUT2D eigenvalue weighted by Gasteiger charge is -2.23. The Morgan fingerprint density at radius 3 is 2.52 bits per heavy atom. The van der Waals surface area contributed by atoms with E-state index in [9.17, 15) is 9.18 Å². The second-order valence-electron chi connectivity index (χ2n) is 5.39. The first-order valence-electron chi connectivity index (χ1n) is 8.00. The number of hydrogen-bond donors (Lipinski definition) is 0. The Kier molecular flexibility index (Phi) is 7.22. The molecule has 0 N–H and O–H groups in total. The number of amides is 1. The minimum absolute atomic E-state index is 0.0964. The minimum atomic E-state index is -0.633. The predicted octanol–water partition coefficient (Wildman–Crippen LogP) is 4.17. The molecule has 0 fully saturated rings. The van der Waals surface area contributed by atoms with Crippen molar-refractivity contribution >= 4 is 17.5 Å². The fourth-order valence-corrected chi connectivity index (χ4v) is 2.64. The average molecular weight is 366 g/mol. The van der Waals surface area contributed by atoms with Crippen molar-refractivity contribution in [2.75, 3.05) is 26.9 Å². The highest BCUT2D eigenvalue weighted by atomic mass is 35.5. The number of methoxy groups -OCH3 is 1. The SMILES string of the molecule is CCOc1ccc(CN(CCOC)C(=O)c2c(F)cccc2Cl)cc1. The van der Waals surface area contributed by atoms with Crippen LogP contribution >= 0.6 is 11.6 Å². The van der Waals surface area contributed by atoms with Crippen LogP contribution < -0.4 is 4.74 Å². The molecule has 4 nitrogen and oxygen atoms in total. The summed E-state index contributed by atoms with van der Waals surface area (Å²) in [7, 11) is 1.55. The van der Waals surface area contributed by atoms with E-state index >= 15 is 0 Å². The van der Waals surface area contributed by atoms with Crippen LogP contribution in [0, 0.1) is 5.82 Å². The monoisotopic (exact) mass is 365 g/mol. The zero-order valence-electron chi connectivity index (χ0n) is 14.3. The van der Waals surface area contributed by atoms with Crippen LogP contribution in [0.1, 0.15) is 22.8 Å². The molecule has 134 valence electrons. The minimum Gasteiger partial charge on any atom is -0.494 e. The molecule has 2 rings (SSSR count). The van der Waals surface area contributed by atoms with Gasteiger partial charge in [-0.25, -0.2) is 4.39 Å². The van der Waals surface area contributed by atoms with Crippen molar-refractivity contribution in [1.82, 2.24) is 4.90 Å². The van der Waals surface area contributed by atoms with Crippen molar-refractivity contribution in [2.45, 2.75) is 13.5 Å². The molecule has 1 amide bonds. The van der Waals surface area contributed by atoms with Crippen LogP contribution in [0.25, 0.3) is 0 Å². The van der Waals surface area contributed by atoms with Crippen LogP contribution in [0.4, 0.5) is 4.39 Å². The van der Waals surface area contributed by atoms with Crippen LogP contribution in [0.2, 0.25) is 5.02 Å². The third-order valence-electron chi connectivity index (χ3n) is 3.64. The Morgan fingerprint density at radius 1 is 1.20 bits per heavy atom. The van der Waals surface area contributed by atoms with Crippen molar-refractivity contribution in [3.05, 3.63) is 64.4 Å². The number of halogens is 2. The van der Waals surface area contributed by atoms with Gasteiger partial charge in [0.15, 0.2) is 0 Å². The summed E-state index contributed by atoms with van der Waals surface area (Å²) in [6.07, 6.45) is 0. The molecule has 2 aromatic rings. The summed E-state index contributed by atoms with van der Waals surface area (Å²) in [4.78, 5) is 14.3. The number of rotatable bonds is 8. The van der Waals surface area contributed by atoms with Gasteiger partial charge in [-0.3, -0.25) is 4.79 Å². The highest BCUT2D eigenvalue weighted by molar-refractivity contribution is 6.33. The van der Waals surface area contributed by atoms with Gasteiger partial charge in [-0.2, -0.15) is 0 Å². The van der Waals surface area contributed by atoms with E-state index in [-0.39, 0.29) is 10.6 Å². The van der Waals surface area contributed by atoms with Gasteiger partial charge in [-0.15, -0.1) is 0 Å². The standard InChI is InChI=1S/C19H21ClFNO3/c1-3-25-15-9-7-14(8-10-15)13-22(11-12-24-2)19(23)18-16(20)5-4-6-17(18)21/h4-10H,3,11-13H2,1-2H3. The van der Waals surface area contributed by atoms with E-state index in [1.807, 2.05) is 31.2 Å². The Hall–Kier alpha value is -2.11. The molecule has 0 aliphatic carbocycles. The Balaban J connectivity index is 2.21. The lowest BCUT2D eigenvalue weighted by Crippen LogP contribution is -2.34. The van der Waals surface area contributed by atoms with Crippen molar-refractivity contribution in [1.29, 1.82) is 0 Å². The maximum Gasteiger partial charge on any atom is 0.258 e. The number of benzene rings is 2. The van der Waals surface area contributed by atoms with E-state index in [1.165, 1.54) is 23.1 Å². The van der Waals surface area contributed by atoms with Gasteiger partial charge in [0.05, 0.1) is 23.8 Å². The van der Waals surface area contributed by atoms with Crippen LogP contribution in [0.15, 0.2) is 42.5 Å². The van der Waals surface area contributed by atoms with Gasteiger partial charge in [-0.05, 0) is 36.8 Å². The molecule has 0 atom stereocenters. The average Bonchev–Trinajstić information content (AvgIpc) is 2.60. The normalized spacial score (nSPS) is 10.6. The number of carbonyl (C=O) groups is 1. The maximum atomic E-state index is 14.1. The van der Waals surface area contributed by atoms with Crippen LogP contribution in [0.3, 0.4) is 0 Å². The third-order valence-corrected chi connectivity index (χ3v) is 3.95. The summed E-state index contributed by atoms with van der Waals surface area (Å²) in [5.74, 6) is -0.334. The molecule has 2 aromatic carbocycles. The number of hydrogen-bond acceptors (Lipinski definition) is 3. The first-order valence-corrected chi connectivity index (χ1v) is 8.38. The van der Waals surface area contributed by atoms with Crippen molar-refractivity contribution in [3.63, 3.8) is 0 Å². The van der Waals surface area contributed by atoms with Gasteiger partial charge in [0.2, 0.25) is 0 Å². The van der Waals surface area contributed by atoms with Crippen molar-refractivity contribution in [3.8, 4) is 5.75 Å². The van der Waals surface area contributed by atoms with E-state index < -0.39 is 11.7 Å². The van der Waals surface area contributed by atoms with Gasteiger partial charge < -0.3 is 14.4 Å². The fraction of sp³-hybridized carbons (Fsp3) is 0.316. The highest BCUT2D eigenvalue weighted by Crippen LogP contribution is 2.22. The lowest BCUT2D eigenvalue weighted by molar-refractivity contribution is 0.0676. The van der Waals surface area contributed by atoms with Crippen LogP contribution in [-0.4, -0.2) is 37.7 Å². The quantitative estimate of drug-likeness (QED) is 0.704. The molecule has 0 saturated carbocycles. The van der Waals surface area contributed by atoms with Crippen molar-refractivity contribution < 1.29 is 18.7 Å². The van der Waals surface area contributed by atoms with E-state index in [2.05, 4.69) is 0 Å². The molecule has 0 spiro atoms. The molecule has 0 radical (unpaired) electrons. The summed E-state index contributed by atoms with van der Waals surface area (Å²) in [5.41, 5.74) is 0.784. The highest BCUT2D eigenvalue weighted by Gasteiger charge is 2.22. The third kappa shape index (κ3) is 5.18. The van der Waals surface area contributed by atoms with E-state index in [4.69, 9.17) is 21.1 Å². The molecule has 6 heteroatoms. The molecular formula is C19H21ClFNO3. The zero-order chi connectivity index (χ0) is 18.2. The lowest BCUT2D eigenvalue weighted by atomic mass is 10.1. The summed E-state index contributed by atoms with van der Waals surface area (Å²) < 4.78 is 24.6. The van der Waals surface area contributed by atoms with Gasteiger partial charge in [-0.1, -0.05) is 29.8 Å². The second-order valence-corrected chi connectivity index (χ2v) is 5.80. The van der Waals surface area contributed by atoms with Gasteiger partial charge in [0, 0.05) is 20.2 Å². The summed E-state index contributed by atoms with van der Waals surface area (Å²) in [6, 6.07) is 11.6. The van der Waals surface area contributed by atoms with E-state index in [0.29, 0.717) is 26.3 Å². The molecule has 0 unspecified atom stereocenters. The van der Waals surface area contributed by atoms with Gasteiger partial charge in [0.1, 0.15) is 11.6 Å². The molecular weight excluding hydrogens is 345 g/mol. The molecule has 0 aliphatic heterocycles. The Bertz CT molecular complexity index is 686. The molecule has 0 heterocycles. The summed E-state index contributed by atoms with van der Waals surface area (Å²) >= 11 is 6.03. The van der Waals surface area contributed by atoms with Crippen molar-refractivity contribution in [2.24, 2.45) is 0 Å². The maximum absolute atomic E-state index is 14.1. The topological polar surface area (TPSA) is 38.8 Å². The van der Waals surface area contributed by atoms with Crippen LogP contribution in [0.5, 0.6) is 5.75 Å².